The summed E-state index contributed by atoms with van der Waals surface area (Å²) in [6.45, 7) is 5.48. The fourth-order valence-corrected chi connectivity index (χ4v) is 5.67. The van der Waals surface area contributed by atoms with E-state index in [1.807, 2.05) is 103 Å². The molecule has 0 aliphatic carbocycles. The molecule has 1 fully saturated rings. The van der Waals surface area contributed by atoms with E-state index >= 15 is 0 Å². The lowest BCUT2D eigenvalue weighted by Gasteiger charge is -2.34. The van der Waals surface area contributed by atoms with E-state index in [1.165, 1.54) is 6.33 Å². The smallest absolute Gasteiger partial charge is 0.158 e. The molecule has 1 aliphatic heterocycles. The van der Waals surface area contributed by atoms with Crippen molar-refractivity contribution in [1.29, 1.82) is 0 Å². The molecule has 0 spiro atoms. The summed E-state index contributed by atoms with van der Waals surface area (Å²) < 4.78 is 28.4. The van der Waals surface area contributed by atoms with E-state index in [0.29, 0.717) is 31.2 Å². The fraction of sp³-hybridized carbons (Fsp3) is 0.265. The van der Waals surface area contributed by atoms with Crippen molar-refractivity contribution in [3.8, 4) is 0 Å². The van der Waals surface area contributed by atoms with E-state index < -0.39 is 23.9 Å². The van der Waals surface area contributed by atoms with Gasteiger partial charge in [0.1, 0.15) is 30.2 Å². The molecule has 0 radical (unpaired) electrons. The van der Waals surface area contributed by atoms with Crippen LogP contribution in [-0.4, -0.2) is 52.8 Å². The summed E-state index contributed by atoms with van der Waals surface area (Å²) in [7, 11) is 0. The maximum Gasteiger partial charge on any atom is 0.158 e. The van der Waals surface area contributed by atoms with Gasteiger partial charge in [0.05, 0.1) is 38.7 Å². The van der Waals surface area contributed by atoms with Crippen molar-refractivity contribution in [3.63, 3.8) is 0 Å². The van der Waals surface area contributed by atoms with Crippen LogP contribution in [0.1, 0.15) is 22.4 Å². The molecular weight excluding hydrogens is 542 g/mol. The van der Waals surface area contributed by atoms with Gasteiger partial charge in [0.2, 0.25) is 0 Å². The molecule has 0 saturated carbocycles. The first-order chi connectivity index (χ1) is 21.2. The zero-order chi connectivity index (χ0) is 29.5. The van der Waals surface area contributed by atoms with Crippen molar-refractivity contribution in [1.82, 2.24) is 14.6 Å². The van der Waals surface area contributed by atoms with Gasteiger partial charge in [0.25, 0.3) is 0 Å². The Hall–Kier alpha value is -4.41. The second-order valence-electron chi connectivity index (χ2n) is 10.6. The standard InChI is InChI=1S/C34H35N5O4/c1-36-23-34(30-18-17-28-33(35)37-24-38-39(28)30)32(42-21-27-15-9-4-10-16-27)31(41-20-26-13-7-3-8-14-26)29(43-34)22-40-19-25-11-5-2-6-12-25/h2-18,24,29,31-32H,1,19-23H2,(H2,35,37,38)/t29-,31-,32-,34+/m1/s1. The maximum atomic E-state index is 6.99. The number of hydrogen-bond acceptors (Lipinski definition) is 8. The summed E-state index contributed by atoms with van der Waals surface area (Å²) in [4.78, 5) is 8.52. The van der Waals surface area contributed by atoms with Crippen molar-refractivity contribution >= 4 is 18.1 Å². The van der Waals surface area contributed by atoms with Crippen LogP contribution in [0.3, 0.4) is 0 Å². The number of benzene rings is 3. The average molecular weight is 578 g/mol. The Labute approximate surface area is 250 Å². The lowest BCUT2D eigenvalue weighted by molar-refractivity contribution is -0.122. The normalized spacial score (nSPS) is 21.7. The topological polar surface area (TPSA) is 105 Å². The number of hydrogen-bond donors (Lipinski definition) is 1. The minimum Gasteiger partial charge on any atom is -0.382 e. The minimum atomic E-state index is -1.11. The summed E-state index contributed by atoms with van der Waals surface area (Å²) in [5.74, 6) is 0.363. The Kier molecular flexibility index (Phi) is 8.85. The van der Waals surface area contributed by atoms with Crippen LogP contribution in [0.5, 0.6) is 0 Å². The summed E-state index contributed by atoms with van der Waals surface area (Å²) >= 11 is 0. The molecule has 2 aromatic heterocycles. The summed E-state index contributed by atoms with van der Waals surface area (Å²) in [6.07, 6.45) is -0.160. The third-order valence-corrected chi connectivity index (χ3v) is 7.70. The number of nitrogens with zero attached hydrogens (tertiary/aromatic N) is 4. The molecule has 5 aromatic rings. The van der Waals surface area contributed by atoms with Crippen molar-refractivity contribution in [2.24, 2.45) is 4.99 Å². The molecule has 1 saturated heterocycles. The van der Waals surface area contributed by atoms with Gasteiger partial charge < -0.3 is 24.7 Å². The zero-order valence-corrected chi connectivity index (χ0v) is 23.9. The van der Waals surface area contributed by atoms with Gasteiger partial charge in [0, 0.05) is 0 Å². The molecule has 3 aromatic carbocycles. The molecule has 43 heavy (non-hydrogen) atoms. The zero-order valence-electron chi connectivity index (χ0n) is 23.9. The van der Waals surface area contributed by atoms with Crippen LogP contribution in [0.4, 0.5) is 5.82 Å². The number of fused-ring (bicyclic) bond motifs is 1. The second kappa shape index (κ2) is 13.3. The highest BCUT2D eigenvalue weighted by Crippen LogP contribution is 2.45. The number of ether oxygens (including phenoxy) is 4. The quantitative estimate of drug-likeness (QED) is 0.197. The van der Waals surface area contributed by atoms with Gasteiger partial charge in [0.15, 0.2) is 11.4 Å². The van der Waals surface area contributed by atoms with E-state index in [1.54, 1.807) is 4.52 Å². The van der Waals surface area contributed by atoms with E-state index in [2.05, 4.69) is 21.8 Å². The Morgan fingerprint density at radius 2 is 1.42 bits per heavy atom. The van der Waals surface area contributed by atoms with Gasteiger partial charge in [-0.15, -0.1) is 0 Å². The van der Waals surface area contributed by atoms with Gasteiger partial charge in [-0.3, -0.25) is 4.99 Å². The van der Waals surface area contributed by atoms with Crippen LogP contribution >= 0.6 is 0 Å². The Morgan fingerprint density at radius 1 is 0.814 bits per heavy atom. The van der Waals surface area contributed by atoms with Crippen LogP contribution in [0.25, 0.3) is 5.52 Å². The Bertz CT molecular complexity index is 1620. The molecule has 220 valence electrons. The molecule has 9 nitrogen and oxygen atoms in total. The average Bonchev–Trinajstić information content (AvgIpc) is 3.61. The van der Waals surface area contributed by atoms with Crippen molar-refractivity contribution < 1.29 is 18.9 Å². The monoisotopic (exact) mass is 577 g/mol. The predicted octanol–water partition coefficient (Wildman–Crippen LogP) is 4.99. The third kappa shape index (κ3) is 6.21. The van der Waals surface area contributed by atoms with Crippen molar-refractivity contribution in [3.05, 3.63) is 132 Å². The summed E-state index contributed by atoms with van der Waals surface area (Å²) in [6, 6.07) is 34.0. The lowest BCUT2D eigenvalue weighted by Crippen LogP contribution is -2.47. The van der Waals surface area contributed by atoms with Gasteiger partial charge in [-0.1, -0.05) is 91.0 Å². The van der Waals surface area contributed by atoms with E-state index in [9.17, 15) is 0 Å². The molecule has 4 atom stereocenters. The summed E-state index contributed by atoms with van der Waals surface area (Å²) in [5.41, 5.74) is 9.64. The molecule has 2 N–H and O–H groups in total. The number of aromatic nitrogens is 3. The van der Waals surface area contributed by atoms with Gasteiger partial charge in [-0.05, 0) is 35.5 Å². The molecule has 0 bridgehead atoms. The molecule has 9 heteroatoms. The predicted molar refractivity (Wildman–Crippen MR) is 165 cm³/mol. The first-order valence-corrected chi connectivity index (χ1v) is 14.3. The fourth-order valence-electron chi connectivity index (χ4n) is 5.67. The number of anilines is 1. The lowest BCUT2D eigenvalue weighted by atomic mass is 9.90. The van der Waals surface area contributed by atoms with Crippen LogP contribution < -0.4 is 5.73 Å². The molecule has 3 heterocycles. The largest absolute Gasteiger partial charge is 0.382 e. The number of nitrogen functional groups attached to an aromatic ring is 1. The molecule has 0 amide bonds. The first kappa shape index (κ1) is 28.7. The number of rotatable bonds is 13. The van der Waals surface area contributed by atoms with Crippen molar-refractivity contribution in [2.45, 2.75) is 43.7 Å². The van der Waals surface area contributed by atoms with Gasteiger partial charge in [-0.25, -0.2) is 9.50 Å². The van der Waals surface area contributed by atoms with E-state index in [4.69, 9.17) is 24.7 Å². The van der Waals surface area contributed by atoms with Crippen molar-refractivity contribution in [2.75, 3.05) is 18.9 Å². The van der Waals surface area contributed by atoms with Crippen LogP contribution in [0.2, 0.25) is 0 Å². The highest BCUT2D eigenvalue weighted by atomic mass is 16.6. The van der Waals surface area contributed by atoms with Crippen LogP contribution in [-0.2, 0) is 44.4 Å². The molecule has 1 aliphatic rings. The van der Waals surface area contributed by atoms with Gasteiger partial charge in [-0.2, -0.15) is 5.10 Å². The summed E-state index contributed by atoms with van der Waals surface area (Å²) in [5, 5.41) is 4.53. The van der Waals surface area contributed by atoms with Crippen LogP contribution in [0, 0.1) is 0 Å². The van der Waals surface area contributed by atoms with E-state index in [0.717, 1.165) is 22.4 Å². The SMILES string of the molecule is C=NC[C@@]1(c2ccc3c(N)ncnn23)O[C@H](COCc2ccccc2)[C@@H](OCc2ccccc2)[C@H]1OCc1ccccc1. The maximum absolute atomic E-state index is 6.99. The Morgan fingerprint density at radius 3 is 2.05 bits per heavy atom. The Balaban J connectivity index is 1.39. The molecule has 0 unspecified atom stereocenters. The highest BCUT2D eigenvalue weighted by molar-refractivity contribution is 5.65. The van der Waals surface area contributed by atoms with E-state index in [-0.39, 0.29) is 13.2 Å². The van der Waals surface area contributed by atoms with Gasteiger partial charge >= 0.3 is 0 Å². The number of nitrogens with two attached hydrogens (primary N) is 1. The highest BCUT2D eigenvalue weighted by Gasteiger charge is 2.59. The second-order valence-corrected chi connectivity index (χ2v) is 10.6. The third-order valence-electron chi connectivity index (χ3n) is 7.70. The minimum absolute atomic E-state index is 0.197. The van der Waals surface area contributed by atoms with Crippen LogP contribution in [0.15, 0.2) is 114 Å². The number of aliphatic imine (C=N–C) groups is 1. The molecule has 6 rings (SSSR count). The molecular formula is C34H35N5O4. The first-order valence-electron chi connectivity index (χ1n) is 14.3.